The molecule has 5 fully saturated rings. The molecule has 16 atom stereocenters. The number of hydrogen-bond acceptors (Lipinski definition) is 4. The summed E-state index contributed by atoms with van der Waals surface area (Å²) < 4.78 is 0. The SMILES string of the molecule is N#CC1CCCC(C2C=CCCC2C2CCCCC2C2C=CCCC2C2CC(N3CC(CCN)C4CCCCC43)[NH2+]C(N3C4=C(CCCC4)C4C=CCCC43)C2)C1. The fourth-order valence-corrected chi connectivity index (χ4v) is 16.8. The zero-order valence-corrected chi connectivity index (χ0v) is 35.8. The Morgan fingerprint density at radius 2 is 1.35 bits per heavy atom. The molecule has 3 heterocycles. The number of nitriles is 1. The first-order valence-electron chi connectivity index (χ1n) is 25.4. The molecule has 3 aliphatic heterocycles. The highest BCUT2D eigenvalue weighted by molar-refractivity contribution is 5.33. The molecule has 0 bridgehead atoms. The fraction of sp³-hybridized carbons (Fsp3) is 0.827. The second-order valence-electron chi connectivity index (χ2n) is 21.7. The highest BCUT2D eigenvalue weighted by atomic mass is 15.4. The van der Waals surface area contributed by atoms with Gasteiger partial charge in [-0.3, -0.25) is 4.90 Å². The van der Waals surface area contributed by atoms with E-state index in [0.29, 0.717) is 30.2 Å². The molecule has 0 aromatic heterocycles. The van der Waals surface area contributed by atoms with Gasteiger partial charge in [-0.15, -0.1) is 0 Å². The van der Waals surface area contributed by atoms with E-state index in [9.17, 15) is 5.26 Å². The van der Waals surface area contributed by atoms with Crippen LogP contribution >= 0.6 is 0 Å². The van der Waals surface area contributed by atoms with Crippen molar-refractivity contribution in [1.29, 1.82) is 5.26 Å². The lowest BCUT2D eigenvalue weighted by molar-refractivity contribution is -0.768. The number of rotatable bonds is 8. The lowest BCUT2D eigenvalue weighted by atomic mass is 9.55. The second-order valence-corrected chi connectivity index (χ2v) is 21.7. The van der Waals surface area contributed by atoms with Gasteiger partial charge in [0.1, 0.15) is 6.17 Å². The van der Waals surface area contributed by atoms with Crippen LogP contribution in [0.25, 0.3) is 0 Å². The minimum Gasteiger partial charge on any atom is -0.330 e. The van der Waals surface area contributed by atoms with Gasteiger partial charge in [-0.25, -0.2) is 0 Å². The Bertz CT molecular complexity index is 1550. The van der Waals surface area contributed by atoms with Crippen molar-refractivity contribution in [1.82, 2.24) is 9.80 Å². The summed E-state index contributed by atoms with van der Waals surface area (Å²) in [5.41, 5.74) is 10.0. The van der Waals surface area contributed by atoms with Crippen molar-refractivity contribution in [2.24, 2.45) is 76.7 Å². The summed E-state index contributed by atoms with van der Waals surface area (Å²) in [6, 6.07) is 4.20. The lowest BCUT2D eigenvalue weighted by Crippen LogP contribution is -3.02. The van der Waals surface area contributed by atoms with E-state index in [2.05, 4.69) is 57.6 Å². The number of nitrogens with two attached hydrogens (primary N) is 2. The van der Waals surface area contributed by atoms with Crippen molar-refractivity contribution in [2.45, 2.75) is 185 Å². The molecule has 0 aromatic rings. The molecule has 3 saturated carbocycles. The number of nitrogens with zero attached hydrogens (tertiary/aromatic N) is 3. The summed E-state index contributed by atoms with van der Waals surface area (Å²) in [4.78, 5) is 6.28. The number of allylic oxidation sites excluding steroid dienone is 6. The first-order valence-corrected chi connectivity index (χ1v) is 25.4. The number of piperidine rings is 1. The zero-order chi connectivity index (χ0) is 38.3. The highest BCUT2D eigenvalue weighted by Crippen LogP contribution is 2.55. The third-order valence-electron chi connectivity index (χ3n) is 19.1. The smallest absolute Gasteiger partial charge is 0.163 e. The summed E-state index contributed by atoms with van der Waals surface area (Å²) in [6.07, 6.45) is 51.0. The maximum Gasteiger partial charge on any atom is 0.163 e. The summed E-state index contributed by atoms with van der Waals surface area (Å²) >= 11 is 0. The summed E-state index contributed by atoms with van der Waals surface area (Å²) in [5.74, 6) is 8.98. The first-order chi connectivity index (χ1) is 28.2. The second kappa shape index (κ2) is 17.6. The van der Waals surface area contributed by atoms with Gasteiger partial charge in [-0.05, 0) is 187 Å². The third kappa shape index (κ3) is 7.60. The molecule has 16 unspecified atom stereocenters. The van der Waals surface area contributed by atoms with Gasteiger partial charge < -0.3 is 16.0 Å². The first kappa shape index (κ1) is 39.3. The van der Waals surface area contributed by atoms with E-state index in [1.807, 2.05) is 11.3 Å². The molecule has 57 heavy (non-hydrogen) atoms. The van der Waals surface area contributed by atoms with Crippen LogP contribution in [0.2, 0.25) is 0 Å². The molecule has 10 aliphatic rings. The van der Waals surface area contributed by atoms with Crippen LogP contribution in [0.5, 0.6) is 0 Å². The highest BCUT2D eigenvalue weighted by Gasteiger charge is 2.54. The van der Waals surface area contributed by atoms with Crippen LogP contribution in [-0.4, -0.2) is 47.3 Å². The summed E-state index contributed by atoms with van der Waals surface area (Å²) in [5, 5.41) is 13.0. The molecule has 5 nitrogen and oxygen atoms in total. The average molecular weight is 775 g/mol. The molecular weight excluding hydrogens is 695 g/mol. The molecule has 2 saturated heterocycles. The Labute approximate surface area is 347 Å². The molecule has 312 valence electrons. The van der Waals surface area contributed by atoms with E-state index in [1.165, 1.54) is 154 Å². The van der Waals surface area contributed by atoms with E-state index in [4.69, 9.17) is 5.73 Å². The molecule has 5 heteroatoms. The quantitative estimate of drug-likeness (QED) is 0.241. The zero-order valence-electron chi connectivity index (χ0n) is 35.8. The topological polar surface area (TPSA) is 72.9 Å². The van der Waals surface area contributed by atoms with Gasteiger partial charge in [0.15, 0.2) is 6.17 Å². The minimum absolute atomic E-state index is 0.289. The van der Waals surface area contributed by atoms with Crippen LogP contribution in [0.3, 0.4) is 0 Å². The van der Waals surface area contributed by atoms with Crippen LogP contribution in [0.1, 0.15) is 161 Å². The van der Waals surface area contributed by atoms with Crippen LogP contribution in [0.4, 0.5) is 0 Å². The summed E-state index contributed by atoms with van der Waals surface area (Å²) in [6.45, 7) is 2.16. The van der Waals surface area contributed by atoms with E-state index in [-0.39, 0.29) is 5.92 Å². The molecule has 0 amide bonds. The Kier molecular flexibility index (Phi) is 12.1. The number of likely N-dealkylation sites (tertiary alicyclic amines) is 1. The lowest BCUT2D eigenvalue weighted by Gasteiger charge is -2.52. The maximum absolute atomic E-state index is 9.98. The number of fused-ring (bicyclic) bond motifs is 3. The molecule has 4 N–H and O–H groups in total. The number of quaternary nitrogens is 1. The third-order valence-corrected chi connectivity index (χ3v) is 19.1. The van der Waals surface area contributed by atoms with Gasteiger partial charge in [0.2, 0.25) is 0 Å². The molecule has 0 radical (unpaired) electrons. The van der Waals surface area contributed by atoms with Gasteiger partial charge in [-0.2, -0.15) is 5.26 Å². The normalized spacial score (nSPS) is 46.4. The summed E-state index contributed by atoms with van der Waals surface area (Å²) in [7, 11) is 0. The minimum atomic E-state index is 0.289. The Hall–Kier alpha value is -1.87. The monoisotopic (exact) mass is 775 g/mol. The Morgan fingerprint density at radius 3 is 2.21 bits per heavy atom. The molecule has 0 aromatic carbocycles. The van der Waals surface area contributed by atoms with Crippen LogP contribution in [0, 0.1) is 82.3 Å². The van der Waals surface area contributed by atoms with E-state index in [1.54, 1.807) is 0 Å². The van der Waals surface area contributed by atoms with Gasteiger partial charge in [0.25, 0.3) is 0 Å². The van der Waals surface area contributed by atoms with Crippen molar-refractivity contribution in [3.8, 4) is 6.07 Å². The fourth-order valence-electron chi connectivity index (χ4n) is 16.8. The van der Waals surface area contributed by atoms with Crippen LogP contribution < -0.4 is 11.1 Å². The predicted molar refractivity (Wildman–Crippen MR) is 232 cm³/mol. The Balaban J connectivity index is 0.966. The Morgan fingerprint density at radius 1 is 0.632 bits per heavy atom. The number of hydrogen-bond donors (Lipinski definition) is 2. The van der Waals surface area contributed by atoms with Crippen LogP contribution in [-0.2, 0) is 0 Å². The molecule has 0 spiro atoms. The van der Waals surface area contributed by atoms with Crippen LogP contribution in [0.15, 0.2) is 47.7 Å². The average Bonchev–Trinajstić information content (AvgIpc) is 3.82. The maximum atomic E-state index is 9.98. The largest absolute Gasteiger partial charge is 0.330 e. The van der Waals surface area contributed by atoms with E-state index >= 15 is 0 Å². The van der Waals surface area contributed by atoms with E-state index in [0.717, 1.165) is 78.7 Å². The van der Waals surface area contributed by atoms with E-state index < -0.39 is 0 Å². The van der Waals surface area contributed by atoms with Crippen molar-refractivity contribution in [3.63, 3.8) is 0 Å². The van der Waals surface area contributed by atoms with Crippen molar-refractivity contribution in [3.05, 3.63) is 47.7 Å². The van der Waals surface area contributed by atoms with Gasteiger partial charge in [-0.1, -0.05) is 68.6 Å². The van der Waals surface area contributed by atoms with Gasteiger partial charge in [0, 0.05) is 49.0 Å². The van der Waals surface area contributed by atoms with Crippen molar-refractivity contribution >= 4 is 0 Å². The van der Waals surface area contributed by atoms with Gasteiger partial charge in [0.05, 0.1) is 6.07 Å². The molecule has 10 rings (SSSR count). The predicted octanol–water partition coefficient (Wildman–Crippen LogP) is 10.2. The molecular formula is C52H80N5+. The molecule has 7 aliphatic carbocycles. The van der Waals surface area contributed by atoms with Crippen molar-refractivity contribution < 1.29 is 5.32 Å². The standard InChI is InChI=1S/C52H79N5/c53-29-28-37-34-56(48-25-10-7-18-41(37)48)51-31-38(32-52(55-51)57-49-26-11-8-23-46(49)47-24-9-12-27-50(47)57)40-17-2-4-20-43(40)45-22-6-5-21-44(45)42-19-3-1-16-39(42)36-15-13-14-35(30-36)33-54/h1,4,8,16,20,23,35-46,48-49,51-52,55H,2-3,5-7,9-15,17-19,21-22,24-32,34,53H2/p+1. The van der Waals surface area contributed by atoms with Gasteiger partial charge >= 0.3 is 0 Å². The van der Waals surface area contributed by atoms with Crippen molar-refractivity contribution in [2.75, 3.05) is 13.1 Å².